The summed E-state index contributed by atoms with van der Waals surface area (Å²) in [5, 5.41) is 5.64. The summed E-state index contributed by atoms with van der Waals surface area (Å²) in [5.41, 5.74) is 7.14. The molecule has 0 unspecified atom stereocenters. The number of nitrogens with one attached hydrogen (secondary N) is 2. The van der Waals surface area contributed by atoms with Crippen LogP contribution in [-0.2, 0) is 4.79 Å². The molecule has 4 N–H and O–H groups in total. The summed E-state index contributed by atoms with van der Waals surface area (Å²) >= 11 is 0. The number of rotatable bonds is 4. The van der Waals surface area contributed by atoms with E-state index in [1.54, 1.807) is 29.2 Å². The first-order chi connectivity index (χ1) is 10.1. The highest BCUT2D eigenvalue weighted by molar-refractivity contribution is 5.93. The van der Waals surface area contributed by atoms with E-state index in [1.165, 1.54) is 0 Å². The summed E-state index contributed by atoms with van der Waals surface area (Å²) < 4.78 is 0. The van der Waals surface area contributed by atoms with Gasteiger partial charge in [-0.1, -0.05) is 13.0 Å². The van der Waals surface area contributed by atoms with E-state index in [1.807, 2.05) is 6.92 Å². The van der Waals surface area contributed by atoms with Gasteiger partial charge in [-0.2, -0.15) is 0 Å². The average Bonchev–Trinajstić information content (AvgIpc) is 2.86. The third kappa shape index (κ3) is 4.46. The lowest BCUT2D eigenvalue weighted by atomic mass is 10.2. The van der Waals surface area contributed by atoms with E-state index in [2.05, 4.69) is 10.6 Å². The van der Waals surface area contributed by atoms with Gasteiger partial charge in [0.25, 0.3) is 0 Å². The normalized spacial score (nSPS) is 17.6. The fourth-order valence-electron chi connectivity index (χ4n) is 2.30. The molecule has 1 aliphatic heterocycles. The molecule has 6 heteroatoms. The number of benzene rings is 1. The van der Waals surface area contributed by atoms with Crippen LogP contribution in [0.3, 0.4) is 0 Å². The Hall–Kier alpha value is -2.08. The van der Waals surface area contributed by atoms with Crippen LogP contribution >= 0.6 is 0 Å². The lowest BCUT2D eigenvalue weighted by Crippen LogP contribution is -2.35. The number of anilines is 2. The maximum absolute atomic E-state index is 12.1. The van der Waals surface area contributed by atoms with Crippen molar-refractivity contribution in [1.29, 1.82) is 0 Å². The molecule has 1 aromatic carbocycles. The molecule has 1 heterocycles. The van der Waals surface area contributed by atoms with Gasteiger partial charge in [-0.25, -0.2) is 4.79 Å². The van der Waals surface area contributed by atoms with Crippen LogP contribution in [0.4, 0.5) is 16.2 Å². The Morgan fingerprint density at radius 1 is 1.33 bits per heavy atom. The zero-order valence-corrected chi connectivity index (χ0v) is 12.3. The highest BCUT2D eigenvalue weighted by atomic mass is 16.2. The second-order valence-electron chi connectivity index (χ2n) is 5.30. The van der Waals surface area contributed by atoms with Crippen LogP contribution < -0.4 is 16.4 Å². The minimum Gasteiger partial charge on any atom is -0.326 e. The molecule has 1 saturated heterocycles. The Morgan fingerprint density at radius 2 is 2.05 bits per heavy atom. The Labute approximate surface area is 124 Å². The maximum atomic E-state index is 12.1. The molecule has 0 aromatic heterocycles. The number of likely N-dealkylation sites (tertiary alicyclic amines) is 1. The highest BCUT2D eigenvalue weighted by Gasteiger charge is 2.23. The summed E-state index contributed by atoms with van der Waals surface area (Å²) in [6.07, 6.45) is 2.13. The van der Waals surface area contributed by atoms with Crippen LogP contribution in [0, 0.1) is 0 Å². The first-order valence-electron chi connectivity index (χ1n) is 7.30. The number of nitrogens with zero attached hydrogens (tertiary/aromatic N) is 1. The van der Waals surface area contributed by atoms with Crippen LogP contribution in [-0.4, -0.2) is 36.0 Å². The fraction of sp³-hybridized carbons (Fsp3) is 0.467. The third-order valence-electron chi connectivity index (χ3n) is 3.39. The van der Waals surface area contributed by atoms with Crippen LogP contribution in [0.2, 0.25) is 0 Å². The van der Waals surface area contributed by atoms with Crippen LogP contribution in [0.5, 0.6) is 0 Å². The molecule has 0 radical (unpaired) electrons. The Bertz CT molecular complexity index is 518. The minimum atomic E-state index is -0.153. The molecular formula is C15H22N4O2. The fourth-order valence-corrected chi connectivity index (χ4v) is 2.30. The summed E-state index contributed by atoms with van der Waals surface area (Å²) in [6, 6.07) is 7.06. The van der Waals surface area contributed by atoms with Crippen molar-refractivity contribution in [2.45, 2.75) is 32.2 Å². The van der Waals surface area contributed by atoms with Crippen LogP contribution in [0.1, 0.15) is 26.2 Å². The largest absolute Gasteiger partial charge is 0.326 e. The number of hydrogen-bond acceptors (Lipinski definition) is 3. The van der Waals surface area contributed by atoms with Crippen molar-refractivity contribution in [3.8, 4) is 0 Å². The van der Waals surface area contributed by atoms with Gasteiger partial charge < -0.3 is 21.3 Å². The molecule has 1 aromatic rings. The van der Waals surface area contributed by atoms with E-state index in [-0.39, 0.29) is 18.0 Å². The number of hydrogen-bond donors (Lipinski definition) is 3. The molecule has 114 valence electrons. The minimum absolute atomic E-state index is 0.0218. The Balaban J connectivity index is 1.94. The van der Waals surface area contributed by atoms with Crippen LogP contribution in [0.15, 0.2) is 24.3 Å². The van der Waals surface area contributed by atoms with E-state index in [0.29, 0.717) is 30.9 Å². The van der Waals surface area contributed by atoms with Crippen molar-refractivity contribution < 1.29 is 9.59 Å². The standard InChI is InChI=1S/C15H22N4O2/c1-2-4-14(20)17-12-5-3-6-13(9-12)18-15(21)19-8-7-11(16)10-19/h3,5-6,9,11H,2,4,7-8,10,16H2,1H3,(H,17,20)(H,18,21)/t11-/m0/s1. The van der Waals surface area contributed by atoms with E-state index in [9.17, 15) is 9.59 Å². The molecule has 1 fully saturated rings. The molecule has 21 heavy (non-hydrogen) atoms. The molecular weight excluding hydrogens is 268 g/mol. The van der Waals surface area contributed by atoms with Gasteiger partial charge in [-0.3, -0.25) is 4.79 Å². The molecule has 6 nitrogen and oxygen atoms in total. The molecule has 3 amide bonds. The number of amides is 3. The van der Waals surface area contributed by atoms with E-state index >= 15 is 0 Å². The number of urea groups is 1. The summed E-state index contributed by atoms with van der Waals surface area (Å²) in [5.74, 6) is -0.0218. The Morgan fingerprint density at radius 3 is 2.67 bits per heavy atom. The van der Waals surface area contributed by atoms with Crippen molar-refractivity contribution in [1.82, 2.24) is 4.90 Å². The predicted molar refractivity (Wildman–Crippen MR) is 83.2 cm³/mol. The van der Waals surface area contributed by atoms with Gasteiger partial charge in [0.1, 0.15) is 0 Å². The topological polar surface area (TPSA) is 87.5 Å². The zero-order valence-electron chi connectivity index (χ0n) is 12.3. The van der Waals surface area contributed by atoms with Crippen LogP contribution in [0.25, 0.3) is 0 Å². The summed E-state index contributed by atoms with van der Waals surface area (Å²) in [7, 11) is 0. The van der Waals surface area contributed by atoms with Crippen molar-refractivity contribution in [3.05, 3.63) is 24.3 Å². The van der Waals surface area contributed by atoms with E-state index < -0.39 is 0 Å². The van der Waals surface area contributed by atoms with Gasteiger partial charge in [0, 0.05) is 36.9 Å². The summed E-state index contributed by atoms with van der Waals surface area (Å²) in [4.78, 5) is 25.3. The molecule has 1 atom stereocenters. The number of carbonyl (C=O) groups is 2. The second kappa shape index (κ2) is 7.08. The molecule has 0 aliphatic carbocycles. The van der Waals surface area contributed by atoms with Gasteiger partial charge in [-0.05, 0) is 31.0 Å². The van der Waals surface area contributed by atoms with Gasteiger partial charge in [-0.15, -0.1) is 0 Å². The van der Waals surface area contributed by atoms with Crippen molar-refractivity contribution in [2.75, 3.05) is 23.7 Å². The molecule has 2 rings (SSSR count). The van der Waals surface area contributed by atoms with Gasteiger partial charge in [0.15, 0.2) is 0 Å². The zero-order chi connectivity index (χ0) is 15.2. The van der Waals surface area contributed by atoms with Gasteiger partial charge in [0.2, 0.25) is 5.91 Å². The lowest BCUT2D eigenvalue weighted by molar-refractivity contribution is -0.116. The maximum Gasteiger partial charge on any atom is 0.321 e. The molecule has 0 spiro atoms. The third-order valence-corrected chi connectivity index (χ3v) is 3.39. The quantitative estimate of drug-likeness (QED) is 0.792. The van der Waals surface area contributed by atoms with Crippen molar-refractivity contribution in [3.63, 3.8) is 0 Å². The first-order valence-corrected chi connectivity index (χ1v) is 7.30. The van der Waals surface area contributed by atoms with E-state index in [4.69, 9.17) is 5.73 Å². The van der Waals surface area contributed by atoms with E-state index in [0.717, 1.165) is 12.8 Å². The van der Waals surface area contributed by atoms with Crippen molar-refractivity contribution in [2.24, 2.45) is 5.73 Å². The SMILES string of the molecule is CCCC(=O)Nc1cccc(NC(=O)N2CC[C@H](N)C2)c1. The predicted octanol–water partition coefficient (Wildman–Crippen LogP) is 1.99. The first kappa shape index (κ1) is 15.3. The molecule has 0 bridgehead atoms. The molecule has 0 saturated carbocycles. The lowest BCUT2D eigenvalue weighted by Gasteiger charge is -2.17. The number of nitrogens with two attached hydrogens (primary N) is 1. The average molecular weight is 290 g/mol. The highest BCUT2D eigenvalue weighted by Crippen LogP contribution is 2.17. The van der Waals surface area contributed by atoms with Crippen molar-refractivity contribution >= 4 is 23.3 Å². The monoisotopic (exact) mass is 290 g/mol. The second-order valence-corrected chi connectivity index (χ2v) is 5.30. The van der Waals surface area contributed by atoms with Gasteiger partial charge >= 0.3 is 6.03 Å². The van der Waals surface area contributed by atoms with Gasteiger partial charge in [0.05, 0.1) is 0 Å². The Kier molecular flexibility index (Phi) is 5.16. The smallest absolute Gasteiger partial charge is 0.321 e. The number of carbonyl (C=O) groups excluding carboxylic acids is 2. The summed E-state index contributed by atoms with van der Waals surface area (Å²) in [6.45, 7) is 3.22. The molecule has 1 aliphatic rings.